The summed E-state index contributed by atoms with van der Waals surface area (Å²) in [5, 5.41) is 0.439. The number of hydrogen-bond acceptors (Lipinski definition) is 8. The molecule has 0 N–H and O–H groups in total. The maximum atomic E-state index is 14.0. The Morgan fingerprint density at radius 1 is 0.902 bits per heavy atom. The molecule has 1 amide bonds. The van der Waals surface area contributed by atoms with Gasteiger partial charge in [0.1, 0.15) is 21.7 Å². The Labute approximate surface area is 242 Å². The molecule has 2 aromatic heterocycles. The van der Waals surface area contributed by atoms with Gasteiger partial charge in [0.15, 0.2) is 5.13 Å². The van der Waals surface area contributed by atoms with Crippen LogP contribution in [0.25, 0.3) is 10.2 Å². The fourth-order valence-electron chi connectivity index (χ4n) is 4.43. The number of sulfonamides is 1. The van der Waals surface area contributed by atoms with Gasteiger partial charge in [0.05, 0.1) is 31.3 Å². The summed E-state index contributed by atoms with van der Waals surface area (Å²) in [6, 6.07) is 22.1. The molecule has 0 unspecified atom stereocenters. The minimum atomic E-state index is -3.84. The third-order valence-corrected chi connectivity index (χ3v) is 9.47. The highest BCUT2D eigenvalue weighted by molar-refractivity contribution is 7.92. The first-order valence-electron chi connectivity index (χ1n) is 12.8. The molecule has 0 saturated heterocycles. The molecule has 0 bridgehead atoms. The van der Waals surface area contributed by atoms with Crippen molar-refractivity contribution in [1.29, 1.82) is 0 Å². The number of thiazole rings is 1. The van der Waals surface area contributed by atoms with Crippen LogP contribution < -0.4 is 18.7 Å². The lowest BCUT2D eigenvalue weighted by Gasteiger charge is -2.23. The second-order valence-corrected chi connectivity index (χ2v) is 11.8. The smallest absolute Gasteiger partial charge is 0.264 e. The van der Waals surface area contributed by atoms with Crippen LogP contribution in [0.4, 0.5) is 10.8 Å². The highest BCUT2D eigenvalue weighted by Crippen LogP contribution is 2.40. The van der Waals surface area contributed by atoms with Gasteiger partial charge in [-0.25, -0.2) is 13.4 Å². The van der Waals surface area contributed by atoms with E-state index in [0.29, 0.717) is 33.4 Å². The van der Waals surface area contributed by atoms with Crippen LogP contribution >= 0.6 is 11.3 Å². The van der Waals surface area contributed by atoms with E-state index < -0.39 is 10.0 Å². The number of amides is 1. The lowest BCUT2D eigenvalue weighted by molar-refractivity contribution is 0.0985. The number of ether oxygens (including phenoxy) is 2. The van der Waals surface area contributed by atoms with E-state index in [-0.39, 0.29) is 23.9 Å². The van der Waals surface area contributed by atoms with Gasteiger partial charge in [-0.3, -0.25) is 19.0 Å². The molecule has 41 heavy (non-hydrogen) atoms. The molecule has 0 aliphatic rings. The highest BCUT2D eigenvalue weighted by Gasteiger charge is 2.27. The number of hydrogen-bond donors (Lipinski definition) is 0. The molecule has 0 saturated carbocycles. The summed E-state index contributed by atoms with van der Waals surface area (Å²) in [5.74, 6) is 0.836. The molecule has 11 heteroatoms. The number of rotatable bonds is 10. The third-order valence-electron chi connectivity index (χ3n) is 6.46. The summed E-state index contributed by atoms with van der Waals surface area (Å²) in [6.07, 6.45) is 3.35. The van der Waals surface area contributed by atoms with E-state index in [1.807, 2.05) is 12.1 Å². The van der Waals surface area contributed by atoms with E-state index in [9.17, 15) is 13.2 Å². The van der Waals surface area contributed by atoms with Crippen LogP contribution in [0.2, 0.25) is 0 Å². The standard InChI is InChI=1S/C30H28N4O5S2/c1-4-34(23-10-6-5-7-11-23)41(36,37)24-14-12-22(13-15-24)29(35)33(20-21-9-8-18-31-19-21)30-32-27-25(38-2)16-17-26(39-3)28(27)40-30/h5-19H,4,20H2,1-3H3. The maximum Gasteiger partial charge on any atom is 0.264 e. The second-order valence-electron chi connectivity index (χ2n) is 8.93. The number of benzene rings is 3. The van der Waals surface area contributed by atoms with Crippen LogP contribution in [0.1, 0.15) is 22.8 Å². The monoisotopic (exact) mass is 588 g/mol. The van der Waals surface area contributed by atoms with E-state index in [4.69, 9.17) is 14.5 Å². The fraction of sp³-hybridized carbons (Fsp3) is 0.167. The quantitative estimate of drug-likeness (QED) is 0.204. The zero-order valence-corrected chi connectivity index (χ0v) is 24.4. The van der Waals surface area contributed by atoms with Gasteiger partial charge in [0.2, 0.25) is 0 Å². The van der Waals surface area contributed by atoms with Gasteiger partial charge < -0.3 is 9.47 Å². The molecule has 0 spiro atoms. The topological polar surface area (TPSA) is 102 Å². The lowest BCUT2D eigenvalue weighted by Crippen LogP contribution is -2.31. The van der Waals surface area contributed by atoms with E-state index in [2.05, 4.69) is 4.98 Å². The number of aromatic nitrogens is 2. The zero-order chi connectivity index (χ0) is 29.0. The largest absolute Gasteiger partial charge is 0.495 e. The van der Waals surface area contributed by atoms with Gasteiger partial charge in [-0.15, -0.1) is 0 Å². The fourth-order valence-corrected chi connectivity index (χ4v) is 6.97. The molecular weight excluding hydrogens is 560 g/mol. The molecule has 5 rings (SSSR count). The van der Waals surface area contributed by atoms with Gasteiger partial charge >= 0.3 is 0 Å². The van der Waals surface area contributed by atoms with Crippen molar-refractivity contribution in [3.63, 3.8) is 0 Å². The highest BCUT2D eigenvalue weighted by atomic mass is 32.2. The van der Waals surface area contributed by atoms with Crippen LogP contribution in [-0.4, -0.2) is 45.1 Å². The van der Waals surface area contributed by atoms with Crippen molar-refractivity contribution in [2.75, 3.05) is 30.0 Å². The Hall–Kier alpha value is -4.48. The lowest BCUT2D eigenvalue weighted by atomic mass is 10.2. The number of pyridine rings is 1. The van der Waals surface area contributed by atoms with Crippen LogP contribution in [0.5, 0.6) is 11.5 Å². The predicted octanol–water partition coefficient (Wildman–Crippen LogP) is 5.77. The number of fused-ring (bicyclic) bond motifs is 1. The Kier molecular flexibility index (Phi) is 8.18. The van der Waals surface area contributed by atoms with Gasteiger partial charge in [-0.2, -0.15) is 0 Å². The van der Waals surface area contributed by atoms with E-state index in [1.165, 1.54) is 39.9 Å². The normalized spacial score (nSPS) is 11.3. The summed E-state index contributed by atoms with van der Waals surface area (Å²) in [4.78, 5) is 24.5. The summed E-state index contributed by atoms with van der Waals surface area (Å²) >= 11 is 1.31. The Bertz CT molecular complexity index is 1720. The van der Waals surface area contributed by atoms with E-state index >= 15 is 0 Å². The Morgan fingerprint density at radius 2 is 1.61 bits per heavy atom. The summed E-state index contributed by atoms with van der Waals surface area (Å²) in [6.45, 7) is 2.24. The molecule has 2 heterocycles. The average molecular weight is 589 g/mol. The molecule has 210 valence electrons. The number of nitrogens with zero attached hydrogens (tertiary/aromatic N) is 4. The van der Waals surface area contributed by atoms with Gasteiger partial charge in [-0.05, 0) is 67.1 Å². The van der Waals surface area contributed by atoms with Crippen molar-refractivity contribution in [2.24, 2.45) is 0 Å². The summed E-state index contributed by atoms with van der Waals surface area (Å²) < 4.78 is 40.0. The van der Waals surface area contributed by atoms with Crippen LogP contribution in [0, 0.1) is 0 Å². The average Bonchev–Trinajstić information content (AvgIpc) is 3.46. The van der Waals surface area contributed by atoms with Crippen LogP contribution in [0.15, 0.2) is 96.2 Å². The van der Waals surface area contributed by atoms with Crippen molar-refractivity contribution in [2.45, 2.75) is 18.4 Å². The Morgan fingerprint density at radius 3 is 2.24 bits per heavy atom. The molecule has 5 aromatic rings. The molecule has 0 aliphatic heterocycles. The SMILES string of the molecule is CCN(c1ccccc1)S(=O)(=O)c1ccc(C(=O)N(Cc2cccnc2)c2nc3c(OC)ccc(OC)c3s2)cc1. The van der Waals surface area contributed by atoms with Crippen molar-refractivity contribution >= 4 is 48.3 Å². The summed E-state index contributed by atoms with van der Waals surface area (Å²) in [7, 11) is -0.701. The molecule has 3 aromatic carbocycles. The zero-order valence-electron chi connectivity index (χ0n) is 22.7. The van der Waals surface area contributed by atoms with Gasteiger partial charge in [-0.1, -0.05) is 35.6 Å². The summed E-state index contributed by atoms with van der Waals surface area (Å²) in [5.41, 5.74) is 2.27. The Balaban J connectivity index is 1.52. The molecule has 0 aliphatic carbocycles. The first kappa shape index (κ1) is 28.1. The van der Waals surface area contributed by atoms with Crippen molar-refractivity contribution in [3.8, 4) is 11.5 Å². The number of methoxy groups -OCH3 is 2. The number of anilines is 2. The number of carbonyl (C=O) groups excluding carboxylic acids is 1. The van der Waals surface area contributed by atoms with Crippen molar-refractivity contribution in [3.05, 3.63) is 102 Å². The second kappa shape index (κ2) is 11.9. The van der Waals surface area contributed by atoms with Crippen molar-refractivity contribution in [1.82, 2.24) is 9.97 Å². The molecular formula is C30H28N4O5S2. The molecule has 0 radical (unpaired) electrons. The third kappa shape index (κ3) is 5.59. The number of para-hydroxylation sites is 1. The maximum absolute atomic E-state index is 14.0. The minimum Gasteiger partial charge on any atom is -0.495 e. The molecule has 0 atom stereocenters. The van der Waals surface area contributed by atoms with Gasteiger partial charge in [0, 0.05) is 24.5 Å². The first-order chi connectivity index (χ1) is 19.9. The van der Waals surface area contributed by atoms with Crippen LogP contribution in [-0.2, 0) is 16.6 Å². The van der Waals surface area contributed by atoms with E-state index in [1.54, 1.807) is 80.9 Å². The number of carbonyl (C=O) groups is 1. The predicted molar refractivity (Wildman–Crippen MR) is 161 cm³/mol. The minimum absolute atomic E-state index is 0.0908. The van der Waals surface area contributed by atoms with Crippen molar-refractivity contribution < 1.29 is 22.7 Å². The van der Waals surface area contributed by atoms with Crippen LogP contribution in [0.3, 0.4) is 0 Å². The molecule has 9 nitrogen and oxygen atoms in total. The molecule has 0 fully saturated rings. The van der Waals surface area contributed by atoms with Gasteiger partial charge in [0.25, 0.3) is 15.9 Å². The van der Waals surface area contributed by atoms with E-state index in [0.717, 1.165) is 10.3 Å². The first-order valence-corrected chi connectivity index (χ1v) is 15.0.